The van der Waals surface area contributed by atoms with Crippen LogP contribution < -0.4 is 10.2 Å². The summed E-state index contributed by atoms with van der Waals surface area (Å²) in [5.74, 6) is 0.360. The van der Waals surface area contributed by atoms with E-state index < -0.39 is 0 Å². The fourth-order valence-electron chi connectivity index (χ4n) is 2.73. The van der Waals surface area contributed by atoms with Crippen molar-refractivity contribution in [3.8, 4) is 5.75 Å². The van der Waals surface area contributed by atoms with Gasteiger partial charge in [0.05, 0.1) is 18.8 Å². The molecule has 0 aromatic heterocycles. The van der Waals surface area contributed by atoms with E-state index in [1.807, 2.05) is 26.1 Å². The third-order valence-corrected chi connectivity index (χ3v) is 4.18. The fourth-order valence-corrected chi connectivity index (χ4v) is 2.73. The molecule has 2 N–H and O–H groups in total. The first-order chi connectivity index (χ1) is 9.56. The van der Waals surface area contributed by atoms with Crippen LogP contribution in [0.5, 0.6) is 5.75 Å². The number of phenolic OH excluding ortho intramolecular Hbond substituents is 1. The maximum atomic E-state index is 10.3. The Bertz CT molecular complexity index is 450. The summed E-state index contributed by atoms with van der Waals surface area (Å²) in [4.78, 5) is 2.35. The number of hydrogen-bond donors (Lipinski definition) is 2. The van der Waals surface area contributed by atoms with E-state index in [0.717, 1.165) is 30.8 Å². The van der Waals surface area contributed by atoms with Gasteiger partial charge in [-0.1, -0.05) is 13.0 Å². The Hall–Kier alpha value is -1.26. The molecule has 2 rings (SSSR count). The second-order valence-corrected chi connectivity index (χ2v) is 5.61. The highest BCUT2D eigenvalue weighted by Gasteiger charge is 2.26. The van der Waals surface area contributed by atoms with E-state index in [1.165, 1.54) is 0 Å². The molecule has 1 aliphatic rings. The SMILES string of the molecule is CCC1COC(C)CN1c1ccc(C(C)NC)c(O)c1. The number of ether oxygens (including phenoxy) is 1. The van der Waals surface area contributed by atoms with Crippen molar-refractivity contribution in [2.45, 2.75) is 45.4 Å². The monoisotopic (exact) mass is 278 g/mol. The third-order valence-electron chi connectivity index (χ3n) is 4.18. The molecule has 112 valence electrons. The quantitative estimate of drug-likeness (QED) is 0.889. The van der Waals surface area contributed by atoms with Crippen LogP contribution in [0.15, 0.2) is 18.2 Å². The Morgan fingerprint density at radius 1 is 1.50 bits per heavy atom. The van der Waals surface area contributed by atoms with Crippen molar-refractivity contribution >= 4 is 5.69 Å². The van der Waals surface area contributed by atoms with Gasteiger partial charge in [-0.15, -0.1) is 0 Å². The predicted molar refractivity (Wildman–Crippen MR) is 82.4 cm³/mol. The molecule has 0 radical (unpaired) electrons. The molecule has 0 bridgehead atoms. The maximum absolute atomic E-state index is 10.3. The van der Waals surface area contributed by atoms with Gasteiger partial charge in [-0.25, -0.2) is 0 Å². The first-order valence-corrected chi connectivity index (χ1v) is 7.45. The van der Waals surface area contributed by atoms with Crippen LogP contribution in [-0.4, -0.2) is 37.5 Å². The molecular formula is C16H26N2O2. The Morgan fingerprint density at radius 2 is 2.25 bits per heavy atom. The van der Waals surface area contributed by atoms with Crippen molar-refractivity contribution in [3.05, 3.63) is 23.8 Å². The van der Waals surface area contributed by atoms with Crippen LogP contribution in [0, 0.1) is 0 Å². The van der Waals surface area contributed by atoms with E-state index in [0.29, 0.717) is 11.8 Å². The molecule has 3 unspecified atom stereocenters. The summed E-state index contributed by atoms with van der Waals surface area (Å²) in [5, 5.41) is 13.4. The lowest BCUT2D eigenvalue weighted by molar-refractivity contribution is 0.0299. The number of nitrogens with zero attached hydrogens (tertiary/aromatic N) is 1. The summed E-state index contributed by atoms with van der Waals surface area (Å²) in [6.07, 6.45) is 1.28. The molecule has 0 saturated carbocycles. The van der Waals surface area contributed by atoms with Gasteiger partial charge in [0.25, 0.3) is 0 Å². The van der Waals surface area contributed by atoms with E-state index in [2.05, 4.69) is 30.1 Å². The summed E-state index contributed by atoms with van der Waals surface area (Å²) < 4.78 is 5.73. The average Bonchev–Trinajstić information content (AvgIpc) is 2.46. The minimum Gasteiger partial charge on any atom is -0.508 e. The highest BCUT2D eigenvalue weighted by molar-refractivity contribution is 5.55. The standard InChI is InChI=1S/C16H26N2O2/c1-5-13-10-20-11(2)9-18(13)14-6-7-15(12(3)17-4)16(19)8-14/h6-8,11-13,17,19H,5,9-10H2,1-4H3. The molecule has 1 aliphatic heterocycles. The number of aromatic hydroxyl groups is 1. The van der Waals surface area contributed by atoms with Crippen LogP contribution in [0.25, 0.3) is 0 Å². The van der Waals surface area contributed by atoms with Gasteiger partial charge in [0.2, 0.25) is 0 Å². The number of hydrogen-bond acceptors (Lipinski definition) is 4. The van der Waals surface area contributed by atoms with Crippen molar-refractivity contribution < 1.29 is 9.84 Å². The molecule has 4 heteroatoms. The van der Waals surface area contributed by atoms with Crippen LogP contribution in [0.2, 0.25) is 0 Å². The lowest BCUT2D eigenvalue weighted by atomic mass is 10.0. The lowest BCUT2D eigenvalue weighted by Crippen LogP contribution is -2.48. The molecule has 0 spiro atoms. The van der Waals surface area contributed by atoms with Crippen LogP contribution in [-0.2, 0) is 4.74 Å². The Kier molecular flexibility index (Phi) is 4.89. The van der Waals surface area contributed by atoms with Crippen LogP contribution in [0.1, 0.15) is 38.8 Å². The highest BCUT2D eigenvalue weighted by Crippen LogP contribution is 2.31. The van der Waals surface area contributed by atoms with Gasteiger partial charge in [0, 0.05) is 29.9 Å². The Labute approximate surface area is 121 Å². The van der Waals surface area contributed by atoms with Gasteiger partial charge >= 0.3 is 0 Å². The largest absolute Gasteiger partial charge is 0.508 e. The van der Waals surface area contributed by atoms with Crippen LogP contribution >= 0.6 is 0 Å². The summed E-state index contributed by atoms with van der Waals surface area (Å²) in [5.41, 5.74) is 2.02. The number of rotatable bonds is 4. The van der Waals surface area contributed by atoms with Gasteiger partial charge in [-0.05, 0) is 33.4 Å². The minimum atomic E-state index is 0.148. The number of benzene rings is 1. The van der Waals surface area contributed by atoms with Crippen molar-refractivity contribution in [2.24, 2.45) is 0 Å². The molecule has 3 atom stereocenters. The molecule has 1 saturated heterocycles. The Morgan fingerprint density at radius 3 is 2.85 bits per heavy atom. The van der Waals surface area contributed by atoms with Crippen molar-refractivity contribution in [3.63, 3.8) is 0 Å². The van der Waals surface area contributed by atoms with E-state index in [4.69, 9.17) is 4.74 Å². The summed E-state index contributed by atoms with van der Waals surface area (Å²) in [6.45, 7) is 7.94. The number of anilines is 1. The summed E-state index contributed by atoms with van der Waals surface area (Å²) in [7, 11) is 1.90. The van der Waals surface area contributed by atoms with Crippen molar-refractivity contribution in [2.75, 3.05) is 25.1 Å². The number of phenols is 1. The molecule has 4 nitrogen and oxygen atoms in total. The van der Waals surface area contributed by atoms with Gasteiger partial charge < -0.3 is 20.1 Å². The predicted octanol–water partition coefficient (Wildman–Crippen LogP) is 2.68. The first-order valence-electron chi connectivity index (χ1n) is 7.45. The number of morpholine rings is 1. The first kappa shape index (κ1) is 15.1. The molecule has 1 fully saturated rings. The van der Waals surface area contributed by atoms with E-state index in [9.17, 15) is 5.11 Å². The minimum absolute atomic E-state index is 0.148. The molecular weight excluding hydrogens is 252 g/mol. The van der Waals surface area contributed by atoms with Crippen LogP contribution in [0.4, 0.5) is 5.69 Å². The Balaban J connectivity index is 2.25. The van der Waals surface area contributed by atoms with E-state index in [1.54, 1.807) is 0 Å². The zero-order chi connectivity index (χ0) is 14.7. The molecule has 0 aliphatic carbocycles. The normalized spacial score (nSPS) is 24.7. The average molecular weight is 278 g/mol. The molecule has 1 aromatic rings. The molecule has 1 aromatic carbocycles. The molecule has 0 amide bonds. The maximum Gasteiger partial charge on any atom is 0.122 e. The van der Waals surface area contributed by atoms with E-state index >= 15 is 0 Å². The van der Waals surface area contributed by atoms with Gasteiger partial charge in [0.1, 0.15) is 5.75 Å². The topological polar surface area (TPSA) is 44.7 Å². The fraction of sp³-hybridized carbons (Fsp3) is 0.625. The lowest BCUT2D eigenvalue weighted by Gasteiger charge is -2.40. The zero-order valence-corrected chi connectivity index (χ0v) is 12.9. The van der Waals surface area contributed by atoms with Gasteiger partial charge in [-0.3, -0.25) is 0 Å². The second-order valence-electron chi connectivity index (χ2n) is 5.61. The number of nitrogens with one attached hydrogen (secondary N) is 1. The van der Waals surface area contributed by atoms with Crippen LogP contribution in [0.3, 0.4) is 0 Å². The van der Waals surface area contributed by atoms with Gasteiger partial charge in [0.15, 0.2) is 0 Å². The zero-order valence-electron chi connectivity index (χ0n) is 12.9. The van der Waals surface area contributed by atoms with E-state index in [-0.39, 0.29) is 12.1 Å². The third kappa shape index (κ3) is 3.07. The highest BCUT2D eigenvalue weighted by atomic mass is 16.5. The summed E-state index contributed by atoms with van der Waals surface area (Å²) >= 11 is 0. The van der Waals surface area contributed by atoms with Gasteiger partial charge in [-0.2, -0.15) is 0 Å². The second kappa shape index (κ2) is 6.46. The smallest absolute Gasteiger partial charge is 0.122 e. The van der Waals surface area contributed by atoms with Crippen molar-refractivity contribution in [1.29, 1.82) is 0 Å². The summed E-state index contributed by atoms with van der Waals surface area (Å²) in [6, 6.07) is 6.53. The molecule has 1 heterocycles. The molecule has 20 heavy (non-hydrogen) atoms. The van der Waals surface area contributed by atoms with Crippen molar-refractivity contribution in [1.82, 2.24) is 5.32 Å².